The van der Waals surface area contributed by atoms with E-state index < -0.39 is 0 Å². The Bertz CT molecular complexity index is 1200. The topological polar surface area (TPSA) is 78.4 Å². The molecule has 2 aromatic heterocycles. The number of anilines is 1. The lowest BCUT2D eigenvalue weighted by Gasteiger charge is -2.09. The number of nitrogens with zero attached hydrogens (tertiary/aromatic N) is 2. The quantitative estimate of drug-likeness (QED) is 0.484. The summed E-state index contributed by atoms with van der Waals surface area (Å²) < 4.78 is 14.1. The van der Waals surface area contributed by atoms with Crippen molar-refractivity contribution in [1.29, 1.82) is 0 Å². The Balaban J connectivity index is 1.43. The maximum Gasteiger partial charge on any atom is 0.329 e. The number of nitrogens with one attached hydrogen (secondary N) is 1. The minimum Gasteiger partial charge on any atom is -0.467 e. The summed E-state index contributed by atoms with van der Waals surface area (Å²) >= 11 is 0. The first-order valence-electron chi connectivity index (χ1n) is 9.82. The molecule has 0 aliphatic carbocycles. The summed E-state index contributed by atoms with van der Waals surface area (Å²) in [6.45, 7) is 3.19. The fourth-order valence-electron chi connectivity index (χ4n) is 3.48. The highest BCUT2D eigenvalue weighted by Gasteiger charge is 2.14. The second-order valence-electron chi connectivity index (χ2n) is 6.92. The first-order chi connectivity index (χ1) is 14.7. The Morgan fingerprint density at radius 3 is 2.53 bits per heavy atom. The second kappa shape index (κ2) is 8.84. The molecule has 4 aromatic rings. The number of aryl methyl sites for hydroxylation is 1. The van der Waals surface area contributed by atoms with Gasteiger partial charge in [-0.25, -0.2) is 4.79 Å². The Hall–Kier alpha value is -3.58. The number of carbonyl (C=O) groups excluding carboxylic acids is 1. The van der Waals surface area contributed by atoms with Gasteiger partial charge < -0.3 is 14.5 Å². The molecular weight excluding hydrogens is 382 g/mol. The van der Waals surface area contributed by atoms with Crippen LogP contribution >= 0.6 is 0 Å². The van der Waals surface area contributed by atoms with Crippen LogP contribution < -0.4 is 11.0 Å². The van der Waals surface area contributed by atoms with Crippen molar-refractivity contribution in [3.8, 4) is 0 Å². The zero-order valence-corrected chi connectivity index (χ0v) is 16.7. The number of benzene rings is 2. The minimum atomic E-state index is -0.259. The lowest BCUT2D eigenvalue weighted by atomic mass is 10.2. The molecule has 0 saturated carbocycles. The normalized spacial score (nSPS) is 11.1. The molecule has 0 bridgehead atoms. The molecule has 0 unspecified atom stereocenters. The molecule has 1 amide bonds. The van der Waals surface area contributed by atoms with Crippen LogP contribution in [-0.2, 0) is 35.8 Å². The van der Waals surface area contributed by atoms with Gasteiger partial charge in [-0.2, -0.15) is 0 Å². The van der Waals surface area contributed by atoms with Crippen molar-refractivity contribution >= 4 is 22.6 Å². The van der Waals surface area contributed by atoms with Crippen LogP contribution in [0.5, 0.6) is 0 Å². The maximum atomic E-state index is 12.7. The second-order valence-corrected chi connectivity index (χ2v) is 6.92. The molecule has 2 aromatic carbocycles. The summed E-state index contributed by atoms with van der Waals surface area (Å²) in [5.41, 5.74) is 2.98. The van der Waals surface area contributed by atoms with Gasteiger partial charge in [0.1, 0.15) is 18.9 Å². The van der Waals surface area contributed by atoms with Crippen LogP contribution in [0.25, 0.3) is 11.0 Å². The van der Waals surface area contributed by atoms with E-state index in [1.807, 2.05) is 67.6 Å². The van der Waals surface area contributed by atoms with E-state index in [1.165, 1.54) is 4.57 Å². The van der Waals surface area contributed by atoms with E-state index in [9.17, 15) is 9.59 Å². The first-order valence-corrected chi connectivity index (χ1v) is 9.82. The molecule has 0 atom stereocenters. The van der Waals surface area contributed by atoms with E-state index in [4.69, 9.17) is 9.15 Å². The molecule has 7 heteroatoms. The van der Waals surface area contributed by atoms with Gasteiger partial charge in [-0.1, -0.05) is 24.3 Å². The first kappa shape index (κ1) is 19.7. The smallest absolute Gasteiger partial charge is 0.329 e. The molecular formula is C23H23N3O4. The summed E-state index contributed by atoms with van der Waals surface area (Å²) in [5, 5.41) is 2.87. The van der Waals surface area contributed by atoms with Gasteiger partial charge in [0.2, 0.25) is 5.91 Å². The number of ether oxygens (including phenoxy) is 1. The van der Waals surface area contributed by atoms with Crippen molar-refractivity contribution in [1.82, 2.24) is 9.13 Å². The van der Waals surface area contributed by atoms with Crippen molar-refractivity contribution < 1.29 is 13.9 Å². The summed E-state index contributed by atoms with van der Waals surface area (Å²) in [7, 11) is 0. The summed E-state index contributed by atoms with van der Waals surface area (Å²) in [4.78, 5) is 25.3. The van der Waals surface area contributed by atoms with Crippen LogP contribution in [0.3, 0.4) is 0 Å². The number of imidazole rings is 1. The van der Waals surface area contributed by atoms with Crippen LogP contribution in [0, 0.1) is 0 Å². The van der Waals surface area contributed by atoms with Crippen LogP contribution in [0.2, 0.25) is 0 Å². The van der Waals surface area contributed by atoms with Gasteiger partial charge in [0.05, 0.1) is 23.9 Å². The number of para-hydroxylation sites is 2. The van der Waals surface area contributed by atoms with Crippen LogP contribution in [0.4, 0.5) is 5.69 Å². The van der Waals surface area contributed by atoms with Gasteiger partial charge in [0.15, 0.2) is 0 Å². The van der Waals surface area contributed by atoms with Gasteiger partial charge in [0, 0.05) is 12.2 Å². The van der Waals surface area contributed by atoms with Crippen molar-refractivity contribution in [3.05, 3.63) is 88.7 Å². The summed E-state index contributed by atoms with van der Waals surface area (Å²) in [6.07, 6.45) is 1.61. The van der Waals surface area contributed by atoms with Crippen molar-refractivity contribution in [2.45, 2.75) is 33.2 Å². The fraction of sp³-hybridized carbons (Fsp3) is 0.217. The van der Waals surface area contributed by atoms with E-state index in [2.05, 4.69) is 5.32 Å². The van der Waals surface area contributed by atoms with Gasteiger partial charge in [-0.15, -0.1) is 0 Å². The van der Waals surface area contributed by atoms with Gasteiger partial charge in [-0.05, 0) is 48.9 Å². The van der Waals surface area contributed by atoms with Crippen molar-refractivity contribution in [2.75, 3.05) is 5.32 Å². The Labute approximate surface area is 173 Å². The van der Waals surface area contributed by atoms with Gasteiger partial charge >= 0.3 is 5.69 Å². The molecule has 0 saturated heterocycles. The molecule has 0 fully saturated rings. The number of fused-ring (bicyclic) bond motifs is 1. The molecule has 4 rings (SSSR count). The highest BCUT2D eigenvalue weighted by molar-refractivity contribution is 5.91. The number of hydrogen-bond donors (Lipinski definition) is 1. The predicted octanol–water partition coefficient (Wildman–Crippen LogP) is 3.77. The number of amides is 1. The number of hydrogen-bond acceptors (Lipinski definition) is 4. The number of aromatic nitrogens is 2. The molecule has 7 nitrogen and oxygen atoms in total. The van der Waals surface area contributed by atoms with Crippen molar-refractivity contribution in [2.24, 2.45) is 0 Å². The zero-order chi connectivity index (χ0) is 20.9. The average Bonchev–Trinajstić information content (AvgIpc) is 3.35. The summed E-state index contributed by atoms with van der Waals surface area (Å²) in [5.74, 6) is 0.501. The van der Waals surface area contributed by atoms with Crippen LogP contribution in [-0.4, -0.2) is 15.0 Å². The molecule has 1 N–H and O–H groups in total. The standard InChI is InChI=1S/C23H23N3O4/c1-2-25-20-10-3-4-11-21(20)26(23(25)28)14-22(27)24-18-8-5-7-17(13-18)15-29-16-19-9-6-12-30-19/h3-13H,2,14-16H2,1H3,(H,24,27). The summed E-state index contributed by atoms with van der Waals surface area (Å²) in [6, 6.07) is 18.6. The molecule has 0 aliphatic rings. The molecule has 2 heterocycles. The van der Waals surface area contributed by atoms with Crippen LogP contribution in [0.15, 0.2) is 76.1 Å². The van der Waals surface area contributed by atoms with Crippen LogP contribution in [0.1, 0.15) is 18.2 Å². The Kier molecular flexibility index (Phi) is 5.81. The SMILES string of the molecule is CCn1c(=O)n(CC(=O)Nc2cccc(COCc3ccco3)c2)c2ccccc21. The monoisotopic (exact) mass is 405 g/mol. The predicted molar refractivity (Wildman–Crippen MR) is 114 cm³/mol. The van der Waals surface area contributed by atoms with E-state index in [0.29, 0.717) is 25.4 Å². The number of rotatable bonds is 8. The highest BCUT2D eigenvalue weighted by atomic mass is 16.5. The van der Waals surface area contributed by atoms with E-state index >= 15 is 0 Å². The largest absolute Gasteiger partial charge is 0.467 e. The average molecular weight is 405 g/mol. The lowest BCUT2D eigenvalue weighted by molar-refractivity contribution is -0.116. The molecule has 0 radical (unpaired) electrons. The minimum absolute atomic E-state index is 0.0500. The zero-order valence-electron chi connectivity index (χ0n) is 16.7. The number of furan rings is 1. The lowest BCUT2D eigenvalue weighted by Crippen LogP contribution is -2.29. The third kappa shape index (κ3) is 4.21. The molecule has 0 spiro atoms. The Morgan fingerprint density at radius 1 is 1.00 bits per heavy atom. The maximum absolute atomic E-state index is 12.7. The van der Waals surface area contributed by atoms with Crippen molar-refractivity contribution in [3.63, 3.8) is 0 Å². The van der Waals surface area contributed by atoms with E-state index in [-0.39, 0.29) is 18.1 Å². The third-order valence-electron chi connectivity index (χ3n) is 4.85. The Morgan fingerprint density at radius 2 is 1.80 bits per heavy atom. The van der Waals surface area contributed by atoms with Gasteiger partial charge in [-0.3, -0.25) is 13.9 Å². The molecule has 30 heavy (non-hydrogen) atoms. The number of carbonyl (C=O) groups is 1. The highest BCUT2D eigenvalue weighted by Crippen LogP contribution is 2.15. The fourth-order valence-corrected chi connectivity index (χ4v) is 3.48. The third-order valence-corrected chi connectivity index (χ3v) is 4.85. The van der Waals surface area contributed by atoms with E-state index in [1.54, 1.807) is 10.8 Å². The molecule has 154 valence electrons. The van der Waals surface area contributed by atoms with E-state index in [0.717, 1.165) is 22.4 Å². The van der Waals surface area contributed by atoms with Gasteiger partial charge in [0.25, 0.3) is 0 Å². The molecule has 0 aliphatic heterocycles.